The SMILES string of the molecule is O=C(NC1=NCCS1)c1cccc(S(=O)(=O)Cc2ccccc2)c1. The molecule has 1 N–H and O–H groups in total. The van der Waals surface area contributed by atoms with E-state index in [2.05, 4.69) is 10.3 Å². The smallest absolute Gasteiger partial charge is 0.257 e. The zero-order chi connectivity index (χ0) is 17.0. The van der Waals surface area contributed by atoms with E-state index >= 15 is 0 Å². The van der Waals surface area contributed by atoms with Crippen LogP contribution in [0.5, 0.6) is 0 Å². The average molecular weight is 360 g/mol. The number of nitrogens with one attached hydrogen (secondary N) is 1. The first-order chi connectivity index (χ1) is 11.5. The second-order valence-corrected chi connectivity index (χ2v) is 8.34. The van der Waals surface area contributed by atoms with Crippen LogP contribution in [0.3, 0.4) is 0 Å². The largest absolute Gasteiger partial charge is 0.301 e. The molecule has 0 aliphatic carbocycles. The summed E-state index contributed by atoms with van der Waals surface area (Å²) in [6, 6.07) is 15.1. The van der Waals surface area contributed by atoms with Crippen LogP contribution in [0.15, 0.2) is 64.5 Å². The van der Waals surface area contributed by atoms with E-state index in [1.807, 2.05) is 6.07 Å². The molecule has 0 radical (unpaired) electrons. The Balaban J connectivity index is 1.80. The first kappa shape index (κ1) is 16.7. The van der Waals surface area contributed by atoms with Gasteiger partial charge in [-0.15, -0.1) is 0 Å². The zero-order valence-corrected chi connectivity index (χ0v) is 14.4. The lowest BCUT2D eigenvalue weighted by molar-refractivity contribution is 0.0978. The molecular weight excluding hydrogens is 344 g/mol. The molecule has 0 saturated heterocycles. The standard InChI is InChI=1S/C17H16N2O3S2/c20-16(19-17-18-9-10-23-17)14-7-4-8-15(11-14)24(21,22)12-13-5-2-1-3-6-13/h1-8,11H,9-10,12H2,(H,18,19,20). The first-order valence-electron chi connectivity index (χ1n) is 7.40. The highest BCUT2D eigenvalue weighted by atomic mass is 32.2. The van der Waals surface area contributed by atoms with E-state index in [9.17, 15) is 13.2 Å². The number of hydrogen-bond acceptors (Lipinski definition) is 5. The third-order valence-electron chi connectivity index (χ3n) is 3.46. The number of carbonyl (C=O) groups excluding carboxylic acids is 1. The normalized spacial score (nSPS) is 14.2. The number of nitrogens with zero attached hydrogens (tertiary/aromatic N) is 1. The maximum Gasteiger partial charge on any atom is 0.257 e. The van der Waals surface area contributed by atoms with Gasteiger partial charge in [0.15, 0.2) is 15.0 Å². The highest BCUT2D eigenvalue weighted by Gasteiger charge is 2.18. The van der Waals surface area contributed by atoms with E-state index < -0.39 is 9.84 Å². The van der Waals surface area contributed by atoms with Crippen LogP contribution in [0.4, 0.5) is 0 Å². The third-order valence-corrected chi connectivity index (χ3v) is 6.04. The second-order valence-electron chi connectivity index (χ2n) is 5.26. The van der Waals surface area contributed by atoms with Crippen LogP contribution in [0.1, 0.15) is 15.9 Å². The summed E-state index contributed by atoms with van der Waals surface area (Å²) in [5.74, 6) is 0.405. The fraction of sp³-hybridized carbons (Fsp3) is 0.176. The predicted molar refractivity (Wildman–Crippen MR) is 96.0 cm³/mol. The molecule has 0 bridgehead atoms. The molecule has 3 rings (SSSR count). The monoisotopic (exact) mass is 360 g/mol. The van der Waals surface area contributed by atoms with Crippen LogP contribution in [0.25, 0.3) is 0 Å². The number of aliphatic imine (C=N–C) groups is 1. The van der Waals surface area contributed by atoms with Crippen molar-refractivity contribution in [2.24, 2.45) is 4.99 Å². The molecular formula is C17H16N2O3S2. The van der Waals surface area contributed by atoms with Gasteiger partial charge in [0.2, 0.25) is 0 Å². The quantitative estimate of drug-likeness (QED) is 0.909. The number of thioether (sulfide) groups is 1. The van der Waals surface area contributed by atoms with Crippen LogP contribution in [0.2, 0.25) is 0 Å². The number of sulfone groups is 1. The Kier molecular flexibility index (Phi) is 5.01. The number of hydrogen-bond donors (Lipinski definition) is 1. The molecule has 0 spiro atoms. The van der Waals surface area contributed by atoms with E-state index in [-0.39, 0.29) is 16.6 Å². The molecule has 124 valence electrons. The molecule has 0 fully saturated rings. The van der Waals surface area contributed by atoms with Gasteiger partial charge in [-0.1, -0.05) is 48.2 Å². The number of amides is 1. The minimum atomic E-state index is -3.51. The van der Waals surface area contributed by atoms with Crippen molar-refractivity contribution in [1.29, 1.82) is 0 Å². The Morgan fingerprint density at radius 2 is 1.92 bits per heavy atom. The Morgan fingerprint density at radius 1 is 1.12 bits per heavy atom. The predicted octanol–water partition coefficient (Wildman–Crippen LogP) is 2.49. The van der Waals surface area contributed by atoms with Gasteiger partial charge in [0, 0.05) is 11.3 Å². The maximum absolute atomic E-state index is 12.6. The molecule has 0 atom stereocenters. The lowest BCUT2D eigenvalue weighted by atomic mass is 10.2. The Hall–Kier alpha value is -2.12. The highest BCUT2D eigenvalue weighted by molar-refractivity contribution is 8.14. The molecule has 0 saturated carbocycles. The molecule has 1 aliphatic rings. The average Bonchev–Trinajstić information content (AvgIpc) is 3.08. The van der Waals surface area contributed by atoms with Crippen molar-refractivity contribution in [3.8, 4) is 0 Å². The van der Waals surface area contributed by atoms with Crippen LogP contribution in [0, 0.1) is 0 Å². The van der Waals surface area contributed by atoms with Gasteiger partial charge in [-0.2, -0.15) is 0 Å². The summed E-state index contributed by atoms with van der Waals surface area (Å²) in [5, 5.41) is 3.28. The van der Waals surface area contributed by atoms with Crippen LogP contribution < -0.4 is 5.32 Å². The fourth-order valence-electron chi connectivity index (χ4n) is 2.29. The molecule has 1 aliphatic heterocycles. The fourth-order valence-corrected chi connectivity index (χ4v) is 4.40. The molecule has 1 amide bonds. The van der Waals surface area contributed by atoms with Crippen LogP contribution in [-0.4, -0.2) is 31.8 Å². The third kappa shape index (κ3) is 4.04. The van der Waals surface area contributed by atoms with E-state index in [0.29, 0.717) is 22.8 Å². The molecule has 1 heterocycles. The summed E-state index contributed by atoms with van der Waals surface area (Å²) in [7, 11) is -3.51. The minimum absolute atomic E-state index is 0.0958. The van der Waals surface area contributed by atoms with Crippen molar-refractivity contribution in [1.82, 2.24) is 5.32 Å². The van der Waals surface area contributed by atoms with Crippen molar-refractivity contribution >= 4 is 32.7 Å². The van der Waals surface area contributed by atoms with Gasteiger partial charge >= 0.3 is 0 Å². The van der Waals surface area contributed by atoms with Gasteiger partial charge in [0.05, 0.1) is 17.2 Å². The number of carbonyl (C=O) groups is 1. The second kappa shape index (κ2) is 7.19. The van der Waals surface area contributed by atoms with Crippen LogP contribution >= 0.6 is 11.8 Å². The van der Waals surface area contributed by atoms with Crippen molar-refractivity contribution in [3.63, 3.8) is 0 Å². The molecule has 0 unspecified atom stereocenters. The number of amidine groups is 1. The Bertz CT molecular complexity index is 878. The van der Waals surface area contributed by atoms with Crippen molar-refractivity contribution in [2.75, 3.05) is 12.3 Å². The molecule has 2 aromatic carbocycles. The number of benzene rings is 2. The molecule has 24 heavy (non-hydrogen) atoms. The Morgan fingerprint density at radius 3 is 2.62 bits per heavy atom. The van der Waals surface area contributed by atoms with Crippen LogP contribution in [-0.2, 0) is 15.6 Å². The highest BCUT2D eigenvalue weighted by Crippen LogP contribution is 2.18. The van der Waals surface area contributed by atoms with E-state index in [0.717, 1.165) is 5.75 Å². The topological polar surface area (TPSA) is 75.6 Å². The summed E-state index contributed by atoms with van der Waals surface area (Å²) in [6.07, 6.45) is 0. The van der Waals surface area contributed by atoms with E-state index in [1.165, 1.54) is 23.9 Å². The molecule has 5 nitrogen and oxygen atoms in total. The molecule has 0 aromatic heterocycles. The zero-order valence-electron chi connectivity index (χ0n) is 12.8. The van der Waals surface area contributed by atoms with Gasteiger partial charge in [-0.3, -0.25) is 9.79 Å². The van der Waals surface area contributed by atoms with Gasteiger partial charge in [0.25, 0.3) is 5.91 Å². The van der Waals surface area contributed by atoms with Gasteiger partial charge < -0.3 is 5.32 Å². The summed E-state index contributed by atoms with van der Waals surface area (Å²) >= 11 is 1.48. The van der Waals surface area contributed by atoms with Gasteiger partial charge in [0.1, 0.15) is 0 Å². The molecule has 7 heteroatoms. The number of rotatable bonds is 4. The minimum Gasteiger partial charge on any atom is -0.301 e. The molecule has 2 aromatic rings. The van der Waals surface area contributed by atoms with Gasteiger partial charge in [-0.05, 0) is 23.8 Å². The summed E-state index contributed by atoms with van der Waals surface area (Å²) in [6.45, 7) is 0.686. The van der Waals surface area contributed by atoms with Crippen molar-refractivity contribution in [3.05, 3.63) is 65.7 Å². The van der Waals surface area contributed by atoms with E-state index in [1.54, 1.807) is 36.4 Å². The lowest BCUT2D eigenvalue weighted by Gasteiger charge is -2.08. The maximum atomic E-state index is 12.6. The lowest BCUT2D eigenvalue weighted by Crippen LogP contribution is -2.27. The van der Waals surface area contributed by atoms with E-state index in [4.69, 9.17) is 0 Å². The summed E-state index contributed by atoms with van der Waals surface area (Å²) in [5.41, 5.74) is 1.02. The van der Waals surface area contributed by atoms with Crippen molar-refractivity contribution in [2.45, 2.75) is 10.6 Å². The summed E-state index contributed by atoms with van der Waals surface area (Å²) < 4.78 is 25.1. The Labute approximate surface area is 145 Å². The van der Waals surface area contributed by atoms with Gasteiger partial charge in [-0.25, -0.2) is 8.42 Å². The van der Waals surface area contributed by atoms with Crippen molar-refractivity contribution < 1.29 is 13.2 Å². The first-order valence-corrected chi connectivity index (χ1v) is 10.0. The summed E-state index contributed by atoms with van der Waals surface area (Å²) in [4.78, 5) is 16.5.